The second-order valence-electron chi connectivity index (χ2n) is 7.29. The van der Waals surface area contributed by atoms with Crippen molar-refractivity contribution in [1.82, 2.24) is 10.2 Å². The summed E-state index contributed by atoms with van der Waals surface area (Å²) < 4.78 is 25.1. The minimum atomic E-state index is -3.63. The maximum atomic E-state index is 12.6. The van der Waals surface area contributed by atoms with Crippen molar-refractivity contribution >= 4 is 21.7 Å². The SMILES string of the molecule is CC(C(=O)NC1CC1)S(=O)(=O)Cc1cccc(C(=O)N2CCCCC2)c1. The molecule has 6 nitrogen and oxygen atoms in total. The lowest BCUT2D eigenvalue weighted by Gasteiger charge is -2.26. The minimum absolute atomic E-state index is 0.0523. The van der Waals surface area contributed by atoms with E-state index in [1.54, 1.807) is 24.3 Å². The number of carbonyl (C=O) groups excluding carboxylic acids is 2. The predicted molar refractivity (Wildman–Crippen MR) is 99.4 cm³/mol. The summed E-state index contributed by atoms with van der Waals surface area (Å²) in [7, 11) is -3.63. The Hall–Kier alpha value is -1.89. The molecule has 1 N–H and O–H groups in total. The summed E-state index contributed by atoms with van der Waals surface area (Å²) in [6, 6.07) is 6.88. The largest absolute Gasteiger partial charge is 0.352 e. The van der Waals surface area contributed by atoms with Crippen molar-refractivity contribution in [3.63, 3.8) is 0 Å². The van der Waals surface area contributed by atoms with E-state index in [1.807, 2.05) is 4.90 Å². The van der Waals surface area contributed by atoms with Gasteiger partial charge in [0.05, 0.1) is 5.75 Å². The molecule has 0 aromatic heterocycles. The first-order valence-corrected chi connectivity index (χ1v) is 11.0. The maximum absolute atomic E-state index is 12.6. The first-order valence-electron chi connectivity index (χ1n) is 9.27. The van der Waals surface area contributed by atoms with Crippen LogP contribution >= 0.6 is 0 Å². The Labute approximate surface area is 154 Å². The molecule has 142 valence electrons. The fourth-order valence-corrected chi connectivity index (χ4v) is 4.43. The van der Waals surface area contributed by atoms with Gasteiger partial charge in [0, 0.05) is 24.7 Å². The van der Waals surface area contributed by atoms with Crippen LogP contribution in [-0.4, -0.2) is 49.5 Å². The molecule has 1 saturated carbocycles. The molecule has 1 atom stereocenters. The zero-order valence-corrected chi connectivity index (χ0v) is 15.9. The first-order chi connectivity index (χ1) is 12.4. The normalized spacial score (nSPS) is 19.0. The third-order valence-electron chi connectivity index (χ3n) is 5.02. The van der Waals surface area contributed by atoms with E-state index in [1.165, 1.54) is 6.92 Å². The number of carbonyl (C=O) groups is 2. The Balaban J connectivity index is 1.68. The standard InChI is InChI=1S/C19H26N2O4S/c1-14(18(22)20-17-8-9-17)26(24,25)13-15-6-5-7-16(12-15)19(23)21-10-3-2-4-11-21/h5-7,12,14,17H,2-4,8-11,13H2,1H3,(H,20,22). The highest BCUT2D eigenvalue weighted by atomic mass is 32.2. The topological polar surface area (TPSA) is 83.5 Å². The monoisotopic (exact) mass is 378 g/mol. The number of sulfone groups is 1. The van der Waals surface area contributed by atoms with Crippen molar-refractivity contribution in [3.8, 4) is 0 Å². The minimum Gasteiger partial charge on any atom is -0.352 e. The quantitative estimate of drug-likeness (QED) is 0.819. The molecule has 0 spiro atoms. The van der Waals surface area contributed by atoms with Gasteiger partial charge < -0.3 is 10.2 Å². The summed E-state index contributed by atoms with van der Waals surface area (Å²) in [6.07, 6.45) is 4.99. The van der Waals surface area contributed by atoms with Gasteiger partial charge in [-0.15, -0.1) is 0 Å². The van der Waals surface area contributed by atoms with Crippen LogP contribution in [0.5, 0.6) is 0 Å². The van der Waals surface area contributed by atoms with Gasteiger partial charge in [-0.3, -0.25) is 9.59 Å². The molecule has 0 bridgehead atoms. The van der Waals surface area contributed by atoms with Gasteiger partial charge in [-0.25, -0.2) is 8.42 Å². The average Bonchev–Trinajstić information content (AvgIpc) is 3.45. The van der Waals surface area contributed by atoms with E-state index < -0.39 is 21.0 Å². The van der Waals surface area contributed by atoms with E-state index in [-0.39, 0.29) is 17.7 Å². The van der Waals surface area contributed by atoms with Crippen LogP contribution in [-0.2, 0) is 20.4 Å². The molecule has 3 rings (SSSR count). The summed E-state index contributed by atoms with van der Waals surface area (Å²) in [5.41, 5.74) is 1.05. The second kappa shape index (κ2) is 7.78. The first kappa shape index (κ1) is 18.9. The van der Waals surface area contributed by atoms with E-state index in [0.717, 1.165) is 45.2 Å². The van der Waals surface area contributed by atoms with Crippen molar-refractivity contribution in [2.75, 3.05) is 13.1 Å². The molecule has 1 saturated heterocycles. The van der Waals surface area contributed by atoms with Crippen LogP contribution in [0.15, 0.2) is 24.3 Å². The van der Waals surface area contributed by atoms with Gasteiger partial charge in [0.1, 0.15) is 5.25 Å². The van der Waals surface area contributed by atoms with Crippen LogP contribution in [0.1, 0.15) is 54.9 Å². The highest BCUT2D eigenvalue weighted by molar-refractivity contribution is 7.92. The highest BCUT2D eigenvalue weighted by Crippen LogP contribution is 2.20. The Bertz CT molecular complexity index is 780. The van der Waals surface area contributed by atoms with Gasteiger partial charge in [0.2, 0.25) is 5.91 Å². The molecular formula is C19H26N2O4S. The third kappa shape index (κ3) is 4.63. The predicted octanol–water partition coefficient (Wildman–Crippen LogP) is 1.89. The summed E-state index contributed by atoms with van der Waals surface area (Å²) >= 11 is 0. The number of hydrogen-bond donors (Lipinski definition) is 1. The van der Waals surface area contributed by atoms with Crippen LogP contribution in [0.3, 0.4) is 0 Å². The third-order valence-corrected chi connectivity index (χ3v) is 7.04. The molecule has 26 heavy (non-hydrogen) atoms. The Kier molecular flexibility index (Phi) is 5.65. The van der Waals surface area contributed by atoms with E-state index in [4.69, 9.17) is 0 Å². The maximum Gasteiger partial charge on any atom is 0.253 e. The van der Waals surface area contributed by atoms with Gasteiger partial charge in [-0.1, -0.05) is 12.1 Å². The fraction of sp³-hybridized carbons (Fsp3) is 0.579. The molecular weight excluding hydrogens is 352 g/mol. The number of piperidine rings is 1. The molecule has 1 aliphatic carbocycles. The summed E-state index contributed by atoms with van der Waals surface area (Å²) in [4.78, 5) is 26.5. The molecule has 1 unspecified atom stereocenters. The van der Waals surface area contributed by atoms with Crippen LogP contribution in [0.2, 0.25) is 0 Å². The number of hydrogen-bond acceptors (Lipinski definition) is 4. The van der Waals surface area contributed by atoms with Crippen molar-refractivity contribution in [3.05, 3.63) is 35.4 Å². The van der Waals surface area contributed by atoms with Crippen LogP contribution in [0.4, 0.5) is 0 Å². The number of rotatable bonds is 6. The zero-order chi connectivity index (χ0) is 18.7. The van der Waals surface area contributed by atoms with Crippen molar-refractivity contribution in [2.24, 2.45) is 0 Å². The van der Waals surface area contributed by atoms with Gasteiger partial charge in [-0.2, -0.15) is 0 Å². The Morgan fingerprint density at radius 1 is 1.19 bits per heavy atom. The van der Waals surface area contributed by atoms with Gasteiger partial charge in [-0.05, 0) is 56.7 Å². The number of nitrogens with one attached hydrogen (secondary N) is 1. The van der Waals surface area contributed by atoms with Crippen LogP contribution in [0, 0.1) is 0 Å². The smallest absolute Gasteiger partial charge is 0.253 e. The highest BCUT2D eigenvalue weighted by Gasteiger charge is 2.32. The lowest BCUT2D eigenvalue weighted by atomic mass is 10.1. The lowest BCUT2D eigenvalue weighted by molar-refractivity contribution is -0.120. The second-order valence-corrected chi connectivity index (χ2v) is 9.61. The summed E-state index contributed by atoms with van der Waals surface area (Å²) in [6.45, 7) is 2.93. The van der Waals surface area contributed by atoms with Gasteiger partial charge in [0.15, 0.2) is 9.84 Å². The summed E-state index contributed by atoms with van der Waals surface area (Å²) in [5, 5.41) is 1.65. The molecule has 1 aromatic rings. The van der Waals surface area contributed by atoms with E-state index in [2.05, 4.69) is 5.32 Å². The fourth-order valence-electron chi connectivity index (χ4n) is 3.14. The van der Waals surface area contributed by atoms with Crippen LogP contribution in [0.25, 0.3) is 0 Å². The molecule has 2 fully saturated rings. The average molecular weight is 378 g/mol. The molecule has 2 aliphatic rings. The molecule has 1 aromatic carbocycles. The molecule has 1 heterocycles. The zero-order valence-electron chi connectivity index (χ0n) is 15.1. The van der Waals surface area contributed by atoms with Gasteiger partial charge in [0.25, 0.3) is 5.91 Å². The van der Waals surface area contributed by atoms with E-state index in [0.29, 0.717) is 11.1 Å². The number of amides is 2. The van der Waals surface area contributed by atoms with Crippen molar-refractivity contribution in [1.29, 1.82) is 0 Å². The number of nitrogens with zero attached hydrogens (tertiary/aromatic N) is 1. The number of benzene rings is 1. The van der Waals surface area contributed by atoms with Crippen molar-refractivity contribution in [2.45, 2.75) is 56.1 Å². The van der Waals surface area contributed by atoms with E-state index in [9.17, 15) is 18.0 Å². The van der Waals surface area contributed by atoms with Crippen LogP contribution < -0.4 is 5.32 Å². The van der Waals surface area contributed by atoms with E-state index >= 15 is 0 Å². The van der Waals surface area contributed by atoms with Crippen molar-refractivity contribution < 1.29 is 18.0 Å². The summed E-state index contributed by atoms with van der Waals surface area (Å²) in [5.74, 6) is -0.732. The Morgan fingerprint density at radius 2 is 1.88 bits per heavy atom. The Morgan fingerprint density at radius 3 is 2.54 bits per heavy atom. The molecule has 1 aliphatic heterocycles. The molecule has 2 amide bonds. The molecule has 7 heteroatoms. The molecule has 0 radical (unpaired) electrons. The number of likely N-dealkylation sites (tertiary alicyclic amines) is 1. The lowest BCUT2D eigenvalue weighted by Crippen LogP contribution is -2.39. The van der Waals surface area contributed by atoms with Gasteiger partial charge >= 0.3 is 0 Å².